The van der Waals surface area contributed by atoms with E-state index in [4.69, 9.17) is 4.74 Å². The van der Waals surface area contributed by atoms with E-state index in [0.29, 0.717) is 5.01 Å². The Labute approximate surface area is 152 Å². The average molecular weight is 416 g/mol. The first kappa shape index (κ1) is 19.9. The molecule has 27 heavy (non-hydrogen) atoms. The molecule has 1 aliphatic rings. The van der Waals surface area contributed by atoms with E-state index in [1.807, 2.05) is 0 Å². The molecule has 0 saturated carbocycles. The van der Waals surface area contributed by atoms with Crippen LogP contribution in [0.15, 0.2) is 0 Å². The van der Waals surface area contributed by atoms with Crippen molar-refractivity contribution in [3.05, 3.63) is 16.4 Å². The SMILES string of the molecule is COCc1nn2c(CN3CC(CC(F)(F)F)CC3=O)c(C(F)(F)F)nc2s1. The highest BCUT2D eigenvalue weighted by atomic mass is 32.1. The van der Waals surface area contributed by atoms with Crippen LogP contribution in [0.4, 0.5) is 26.3 Å². The first-order valence-electron chi connectivity index (χ1n) is 7.76. The summed E-state index contributed by atoms with van der Waals surface area (Å²) in [5.41, 5.74) is -1.57. The van der Waals surface area contributed by atoms with Crippen molar-refractivity contribution < 1.29 is 35.9 Å². The van der Waals surface area contributed by atoms with Crippen molar-refractivity contribution in [2.45, 2.75) is 38.3 Å². The lowest BCUT2D eigenvalue weighted by molar-refractivity contribution is -0.143. The highest BCUT2D eigenvalue weighted by molar-refractivity contribution is 7.16. The maximum absolute atomic E-state index is 13.3. The third-order valence-corrected chi connectivity index (χ3v) is 4.91. The summed E-state index contributed by atoms with van der Waals surface area (Å²) >= 11 is 0.904. The van der Waals surface area contributed by atoms with Crippen LogP contribution in [0.5, 0.6) is 0 Å². The van der Waals surface area contributed by atoms with Gasteiger partial charge in [0.15, 0.2) is 5.69 Å². The summed E-state index contributed by atoms with van der Waals surface area (Å²) < 4.78 is 83.4. The Kier molecular flexibility index (Phi) is 5.10. The van der Waals surface area contributed by atoms with E-state index in [-0.39, 0.29) is 30.2 Å². The Morgan fingerprint density at radius 2 is 1.96 bits per heavy atom. The van der Waals surface area contributed by atoms with E-state index >= 15 is 0 Å². The number of methoxy groups -OCH3 is 1. The van der Waals surface area contributed by atoms with Gasteiger partial charge in [0.2, 0.25) is 10.9 Å². The molecule has 2 aromatic rings. The predicted octanol–water partition coefficient (Wildman–Crippen LogP) is 3.26. The molecule has 150 valence electrons. The fourth-order valence-electron chi connectivity index (χ4n) is 3.03. The zero-order valence-electron chi connectivity index (χ0n) is 13.9. The van der Waals surface area contributed by atoms with Crippen LogP contribution in [-0.4, -0.2) is 45.2 Å². The van der Waals surface area contributed by atoms with E-state index in [0.717, 1.165) is 20.8 Å². The zero-order valence-corrected chi connectivity index (χ0v) is 14.7. The second-order valence-electron chi connectivity index (χ2n) is 6.19. The minimum absolute atomic E-state index is 0.0251. The molecular formula is C14H14F6N4O2S. The Balaban J connectivity index is 1.89. The number of aromatic nitrogens is 3. The summed E-state index contributed by atoms with van der Waals surface area (Å²) in [6.45, 7) is -0.706. The molecule has 1 unspecified atom stereocenters. The number of ether oxygens (including phenoxy) is 1. The number of likely N-dealkylation sites (tertiary alicyclic amines) is 1. The Morgan fingerprint density at radius 1 is 1.26 bits per heavy atom. The maximum Gasteiger partial charge on any atom is 0.435 e. The Hall–Kier alpha value is -1.89. The lowest BCUT2D eigenvalue weighted by atomic mass is 10.1. The van der Waals surface area contributed by atoms with Crippen molar-refractivity contribution in [3.8, 4) is 0 Å². The number of halogens is 6. The van der Waals surface area contributed by atoms with Crippen molar-refractivity contribution in [3.63, 3.8) is 0 Å². The highest BCUT2D eigenvalue weighted by Crippen LogP contribution is 2.36. The maximum atomic E-state index is 13.3. The normalized spacial score (nSPS) is 18.9. The molecule has 0 radical (unpaired) electrons. The smallest absolute Gasteiger partial charge is 0.377 e. The Bertz CT molecular complexity index is 843. The van der Waals surface area contributed by atoms with E-state index in [1.54, 1.807) is 0 Å². The van der Waals surface area contributed by atoms with E-state index in [1.165, 1.54) is 7.11 Å². The number of amides is 1. The minimum atomic E-state index is -4.78. The predicted molar refractivity (Wildman–Crippen MR) is 80.8 cm³/mol. The minimum Gasteiger partial charge on any atom is -0.377 e. The lowest BCUT2D eigenvalue weighted by Gasteiger charge is -2.18. The third-order valence-electron chi connectivity index (χ3n) is 4.03. The van der Waals surface area contributed by atoms with Crippen LogP contribution in [0, 0.1) is 5.92 Å². The van der Waals surface area contributed by atoms with Crippen molar-refractivity contribution in [1.82, 2.24) is 19.5 Å². The molecule has 2 aromatic heterocycles. The summed E-state index contributed by atoms with van der Waals surface area (Å²) in [6.07, 6.45) is -10.7. The molecule has 1 amide bonds. The molecule has 6 nitrogen and oxygen atoms in total. The summed E-state index contributed by atoms with van der Waals surface area (Å²) in [7, 11) is 1.40. The number of imidazole rings is 1. The van der Waals surface area contributed by atoms with Gasteiger partial charge in [0.05, 0.1) is 18.8 Å². The molecule has 3 rings (SSSR count). The second kappa shape index (κ2) is 6.93. The van der Waals surface area contributed by atoms with E-state index < -0.39 is 42.8 Å². The lowest BCUT2D eigenvalue weighted by Crippen LogP contribution is -2.27. The number of carbonyl (C=O) groups is 1. The molecule has 0 aromatic carbocycles. The summed E-state index contributed by atoms with van der Waals surface area (Å²) in [6, 6.07) is 0. The molecule has 3 heterocycles. The van der Waals surface area contributed by atoms with Gasteiger partial charge >= 0.3 is 12.4 Å². The highest BCUT2D eigenvalue weighted by Gasteiger charge is 2.42. The van der Waals surface area contributed by atoms with Crippen LogP contribution in [0.1, 0.15) is 29.2 Å². The van der Waals surface area contributed by atoms with Gasteiger partial charge < -0.3 is 9.64 Å². The number of hydrogen-bond acceptors (Lipinski definition) is 5. The fraction of sp³-hybridized carbons (Fsp3) is 0.643. The van der Waals surface area contributed by atoms with Gasteiger partial charge in [0.1, 0.15) is 5.01 Å². The number of hydrogen-bond donors (Lipinski definition) is 0. The van der Waals surface area contributed by atoms with Crippen molar-refractivity contribution in [1.29, 1.82) is 0 Å². The number of carbonyl (C=O) groups excluding carboxylic acids is 1. The van der Waals surface area contributed by atoms with Crippen LogP contribution >= 0.6 is 11.3 Å². The van der Waals surface area contributed by atoms with Gasteiger partial charge in [-0.25, -0.2) is 9.50 Å². The van der Waals surface area contributed by atoms with E-state index in [2.05, 4.69) is 10.1 Å². The summed E-state index contributed by atoms with van der Waals surface area (Å²) in [4.78, 5) is 16.5. The van der Waals surface area contributed by atoms with Gasteiger partial charge in [-0.05, 0) is 5.92 Å². The van der Waals surface area contributed by atoms with Crippen LogP contribution in [0.3, 0.4) is 0 Å². The Morgan fingerprint density at radius 3 is 2.56 bits per heavy atom. The number of alkyl halides is 6. The van der Waals surface area contributed by atoms with Crippen molar-refractivity contribution in [2.24, 2.45) is 5.92 Å². The van der Waals surface area contributed by atoms with Crippen LogP contribution < -0.4 is 0 Å². The molecule has 1 fully saturated rings. The first-order chi connectivity index (χ1) is 12.5. The van der Waals surface area contributed by atoms with Crippen LogP contribution in [0.25, 0.3) is 4.96 Å². The molecule has 0 spiro atoms. The zero-order chi connectivity index (χ0) is 20.0. The standard InChI is InChI=1S/C14H14F6N4O2S/c1-26-6-9-22-24-8(11(14(18,19)20)21-12(24)27-9)5-23-4-7(2-10(23)25)3-13(15,16)17/h7H,2-6H2,1H3. The van der Waals surface area contributed by atoms with Gasteiger partial charge in [-0.2, -0.15) is 31.4 Å². The topological polar surface area (TPSA) is 59.7 Å². The largest absolute Gasteiger partial charge is 0.435 e. The number of nitrogens with zero attached hydrogens (tertiary/aromatic N) is 4. The molecule has 1 aliphatic heterocycles. The van der Waals surface area contributed by atoms with Gasteiger partial charge in [-0.15, -0.1) is 0 Å². The van der Waals surface area contributed by atoms with Crippen LogP contribution in [0.2, 0.25) is 0 Å². The summed E-state index contributed by atoms with van der Waals surface area (Å²) in [5.74, 6) is -1.60. The molecule has 1 saturated heterocycles. The fourth-order valence-corrected chi connectivity index (χ4v) is 3.92. The monoisotopic (exact) mass is 416 g/mol. The van der Waals surface area contributed by atoms with Crippen LogP contribution in [-0.2, 0) is 28.9 Å². The second-order valence-corrected chi connectivity index (χ2v) is 7.23. The molecule has 13 heteroatoms. The molecule has 0 N–H and O–H groups in total. The quantitative estimate of drug-likeness (QED) is 0.703. The molecule has 1 atom stereocenters. The average Bonchev–Trinajstić information content (AvgIpc) is 3.12. The summed E-state index contributed by atoms with van der Waals surface area (Å²) in [5, 5.41) is 4.40. The van der Waals surface area contributed by atoms with Crippen molar-refractivity contribution >= 4 is 22.2 Å². The third kappa shape index (κ3) is 4.34. The van der Waals surface area contributed by atoms with E-state index in [9.17, 15) is 31.1 Å². The van der Waals surface area contributed by atoms with Gasteiger partial charge in [0, 0.05) is 26.5 Å². The van der Waals surface area contributed by atoms with Gasteiger partial charge in [-0.3, -0.25) is 4.79 Å². The molecule has 0 aliphatic carbocycles. The molecule has 0 bridgehead atoms. The van der Waals surface area contributed by atoms with Crippen molar-refractivity contribution in [2.75, 3.05) is 13.7 Å². The first-order valence-corrected chi connectivity index (χ1v) is 8.57. The van der Waals surface area contributed by atoms with Gasteiger partial charge in [0.25, 0.3) is 0 Å². The van der Waals surface area contributed by atoms with Gasteiger partial charge in [-0.1, -0.05) is 11.3 Å². The molecular weight excluding hydrogens is 402 g/mol. The number of fused-ring (bicyclic) bond motifs is 1. The number of rotatable bonds is 5.